The highest BCUT2D eigenvalue weighted by molar-refractivity contribution is 7.88. The maximum absolute atomic E-state index is 12.9. The zero-order chi connectivity index (χ0) is 19.0. The molecule has 2 aliphatic rings. The molecule has 4 rings (SSSR count). The van der Waals surface area contributed by atoms with E-state index >= 15 is 0 Å². The molecule has 3 heterocycles. The van der Waals surface area contributed by atoms with Gasteiger partial charge in [-0.2, -0.15) is 0 Å². The van der Waals surface area contributed by atoms with Gasteiger partial charge in [-0.05, 0) is 43.2 Å². The van der Waals surface area contributed by atoms with Crippen molar-refractivity contribution >= 4 is 26.8 Å². The number of nitrogens with one attached hydrogen (secondary N) is 1. The van der Waals surface area contributed by atoms with E-state index in [1.165, 1.54) is 27.0 Å². The molecule has 2 aromatic rings. The molecule has 0 bridgehead atoms. The fourth-order valence-corrected chi connectivity index (χ4v) is 5.41. The number of amides is 1. The van der Waals surface area contributed by atoms with E-state index in [4.69, 9.17) is 0 Å². The Balaban J connectivity index is 1.35. The first-order valence-corrected chi connectivity index (χ1v) is 11.6. The third-order valence-corrected chi connectivity index (χ3v) is 7.44. The second-order valence-corrected chi connectivity index (χ2v) is 9.81. The van der Waals surface area contributed by atoms with Crippen molar-refractivity contribution in [3.8, 4) is 0 Å². The van der Waals surface area contributed by atoms with Crippen molar-refractivity contribution in [1.82, 2.24) is 14.2 Å². The number of likely N-dealkylation sites (tertiary alicyclic amines) is 1. The number of para-hydroxylation sites is 1. The van der Waals surface area contributed by atoms with Gasteiger partial charge in [-0.25, -0.2) is 12.7 Å². The Labute approximate surface area is 160 Å². The van der Waals surface area contributed by atoms with E-state index in [0.717, 1.165) is 25.9 Å². The van der Waals surface area contributed by atoms with Crippen molar-refractivity contribution in [3.05, 3.63) is 36.0 Å². The fraction of sp³-hybridized carbons (Fsp3) is 0.550. The molecular weight excluding hydrogens is 362 g/mol. The van der Waals surface area contributed by atoms with Crippen LogP contribution in [0.25, 0.3) is 10.9 Å². The minimum Gasteiger partial charge on any atom is -0.361 e. The lowest BCUT2D eigenvalue weighted by atomic mass is 9.88. The maximum atomic E-state index is 12.9. The van der Waals surface area contributed by atoms with Crippen LogP contribution in [-0.4, -0.2) is 60.9 Å². The van der Waals surface area contributed by atoms with Crippen molar-refractivity contribution in [2.75, 3.05) is 32.4 Å². The Hall–Kier alpha value is -1.86. The lowest BCUT2D eigenvalue weighted by Gasteiger charge is -2.36. The maximum Gasteiger partial charge on any atom is 0.225 e. The summed E-state index contributed by atoms with van der Waals surface area (Å²) >= 11 is 0. The average Bonchev–Trinajstić information content (AvgIpc) is 3.11. The van der Waals surface area contributed by atoms with Gasteiger partial charge in [-0.3, -0.25) is 4.79 Å². The van der Waals surface area contributed by atoms with Crippen LogP contribution in [0, 0.1) is 5.92 Å². The monoisotopic (exact) mass is 389 g/mol. The summed E-state index contributed by atoms with van der Waals surface area (Å²) < 4.78 is 24.8. The standard InChI is InChI=1S/C20H27N3O3S/c1-27(25,26)23-12-8-16(9-13-23)20(24)22-10-6-15(7-11-22)18-14-21-19-5-3-2-4-17(18)19/h2-5,14-16,21H,6-13H2,1H3. The van der Waals surface area contributed by atoms with Crippen LogP contribution in [0.15, 0.2) is 30.5 Å². The molecule has 0 unspecified atom stereocenters. The van der Waals surface area contributed by atoms with Crippen LogP contribution in [-0.2, 0) is 14.8 Å². The Bertz CT molecular complexity index is 921. The molecule has 0 saturated carbocycles. The predicted molar refractivity (Wildman–Crippen MR) is 106 cm³/mol. The normalized spacial score (nSPS) is 21.0. The molecule has 0 atom stereocenters. The van der Waals surface area contributed by atoms with E-state index in [0.29, 0.717) is 31.8 Å². The largest absolute Gasteiger partial charge is 0.361 e. The summed E-state index contributed by atoms with van der Waals surface area (Å²) in [5.41, 5.74) is 2.53. The number of fused-ring (bicyclic) bond motifs is 1. The van der Waals surface area contributed by atoms with Crippen molar-refractivity contribution in [1.29, 1.82) is 0 Å². The fourth-order valence-electron chi connectivity index (χ4n) is 4.54. The molecule has 6 nitrogen and oxygen atoms in total. The minimum absolute atomic E-state index is 0.0346. The first-order chi connectivity index (χ1) is 12.9. The smallest absolute Gasteiger partial charge is 0.225 e. The summed E-state index contributed by atoms with van der Waals surface area (Å²) in [6.45, 7) is 2.49. The molecule has 1 amide bonds. The third-order valence-electron chi connectivity index (χ3n) is 6.14. The van der Waals surface area contributed by atoms with Crippen molar-refractivity contribution < 1.29 is 13.2 Å². The van der Waals surface area contributed by atoms with E-state index in [9.17, 15) is 13.2 Å². The average molecular weight is 390 g/mol. The quantitative estimate of drug-likeness (QED) is 0.877. The number of piperidine rings is 2. The number of nitrogens with zero attached hydrogens (tertiary/aromatic N) is 2. The summed E-state index contributed by atoms with van der Waals surface area (Å²) in [6, 6.07) is 8.37. The van der Waals surface area contributed by atoms with Gasteiger partial charge in [-0.1, -0.05) is 18.2 Å². The molecule has 1 aromatic heterocycles. The molecule has 1 N–H and O–H groups in total. The predicted octanol–water partition coefficient (Wildman–Crippen LogP) is 2.55. The Kier molecular flexibility index (Phi) is 4.99. The topological polar surface area (TPSA) is 73.5 Å². The molecule has 0 aliphatic carbocycles. The van der Waals surface area contributed by atoms with Crippen LogP contribution < -0.4 is 0 Å². The van der Waals surface area contributed by atoms with Crippen molar-refractivity contribution in [2.24, 2.45) is 5.92 Å². The number of sulfonamides is 1. The Morgan fingerprint density at radius 3 is 2.37 bits per heavy atom. The number of carbonyl (C=O) groups excluding carboxylic acids is 1. The molecular formula is C20H27N3O3S. The van der Waals surface area contributed by atoms with Crippen LogP contribution in [0.5, 0.6) is 0 Å². The Morgan fingerprint density at radius 2 is 1.70 bits per heavy atom. The molecule has 2 saturated heterocycles. The highest BCUT2D eigenvalue weighted by Crippen LogP contribution is 2.34. The van der Waals surface area contributed by atoms with E-state index < -0.39 is 10.0 Å². The summed E-state index contributed by atoms with van der Waals surface area (Å²) in [7, 11) is -3.14. The zero-order valence-corrected chi connectivity index (χ0v) is 16.5. The molecule has 7 heteroatoms. The molecule has 0 radical (unpaired) electrons. The zero-order valence-electron chi connectivity index (χ0n) is 15.7. The van der Waals surface area contributed by atoms with Gasteiger partial charge in [0.05, 0.1) is 6.26 Å². The lowest BCUT2D eigenvalue weighted by molar-refractivity contribution is -0.137. The number of carbonyl (C=O) groups is 1. The second-order valence-electron chi connectivity index (χ2n) is 7.83. The highest BCUT2D eigenvalue weighted by atomic mass is 32.2. The Morgan fingerprint density at radius 1 is 1.04 bits per heavy atom. The SMILES string of the molecule is CS(=O)(=O)N1CCC(C(=O)N2CCC(c3c[nH]c4ccccc34)CC2)CC1. The molecule has 1 aromatic carbocycles. The van der Waals surface area contributed by atoms with Gasteiger partial charge in [-0.15, -0.1) is 0 Å². The number of aromatic amines is 1. The van der Waals surface area contributed by atoms with E-state index in [1.807, 2.05) is 11.0 Å². The first kappa shape index (κ1) is 18.5. The van der Waals surface area contributed by atoms with Crippen LogP contribution in [0.2, 0.25) is 0 Å². The number of benzene rings is 1. The van der Waals surface area contributed by atoms with Crippen LogP contribution >= 0.6 is 0 Å². The van der Waals surface area contributed by atoms with E-state index in [-0.39, 0.29) is 11.8 Å². The minimum atomic E-state index is -3.14. The van der Waals surface area contributed by atoms with E-state index in [2.05, 4.69) is 29.4 Å². The summed E-state index contributed by atoms with van der Waals surface area (Å²) in [4.78, 5) is 18.2. The lowest BCUT2D eigenvalue weighted by Crippen LogP contribution is -2.46. The summed E-state index contributed by atoms with van der Waals surface area (Å²) in [5, 5.41) is 1.29. The molecule has 2 aliphatic heterocycles. The van der Waals surface area contributed by atoms with Crippen LogP contribution in [0.1, 0.15) is 37.2 Å². The highest BCUT2D eigenvalue weighted by Gasteiger charge is 2.33. The van der Waals surface area contributed by atoms with Gasteiger partial charge in [0.15, 0.2) is 0 Å². The number of hydrogen-bond acceptors (Lipinski definition) is 3. The number of H-pyrrole nitrogens is 1. The molecule has 0 spiro atoms. The number of hydrogen-bond donors (Lipinski definition) is 1. The second kappa shape index (κ2) is 7.28. The number of rotatable bonds is 3. The van der Waals surface area contributed by atoms with Crippen LogP contribution in [0.4, 0.5) is 0 Å². The van der Waals surface area contributed by atoms with Crippen molar-refractivity contribution in [3.63, 3.8) is 0 Å². The third kappa shape index (κ3) is 3.75. The molecule has 2 fully saturated rings. The van der Waals surface area contributed by atoms with Gasteiger partial charge in [0.1, 0.15) is 0 Å². The van der Waals surface area contributed by atoms with Crippen molar-refractivity contribution in [2.45, 2.75) is 31.6 Å². The summed E-state index contributed by atoms with van der Waals surface area (Å²) in [5.74, 6) is 0.658. The number of aromatic nitrogens is 1. The van der Waals surface area contributed by atoms with Gasteiger partial charge < -0.3 is 9.88 Å². The first-order valence-electron chi connectivity index (χ1n) is 9.73. The van der Waals surface area contributed by atoms with Crippen LogP contribution in [0.3, 0.4) is 0 Å². The van der Waals surface area contributed by atoms with Gasteiger partial charge >= 0.3 is 0 Å². The molecule has 146 valence electrons. The summed E-state index contributed by atoms with van der Waals surface area (Å²) in [6.07, 6.45) is 6.59. The molecule has 27 heavy (non-hydrogen) atoms. The van der Waals surface area contributed by atoms with Gasteiger partial charge in [0.2, 0.25) is 15.9 Å². The van der Waals surface area contributed by atoms with E-state index in [1.54, 1.807) is 0 Å². The van der Waals surface area contributed by atoms with Gasteiger partial charge in [0.25, 0.3) is 0 Å². The van der Waals surface area contributed by atoms with Gasteiger partial charge in [0, 0.05) is 49.2 Å².